The van der Waals surface area contributed by atoms with Gasteiger partial charge in [0.25, 0.3) is 0 Å². The Kier molecular flexibility index (Phi) is 3.57. The lowest BCUT2D eigenvalue weighted by Crippen LogP contribution is -2.35. The first-order chi connectivity index (χ1) is 10.7. The first-order valence-electron chi connectivity index (χ1n) is 6.46. The van der Waals surface area contributed by atoms with Crippen molar-refractivity contribution < 1.29 is 26.5 Å². The first kappa shape index (κ1) is 15.4. The fourth-order valence-corrected chi connectivity index (χ4v) is 3.01. The Labute approximate surface area is 129 Å². The summed E-state index contributed by atoms with van der Waals surface area (Å²) in [6.07, 6.45) is 0.851. The molecule has 0 aromatic carbocycles. The summed E-state index contributed by atoms with van der Waals surface area (Å²) < 4.78 is 40.0. The summed E-state index contributed by atoms with van der Waals surface area (Å²) in [5.74, 6) is -0.261. The molecule has 2 aliphatic heterocycles. The lowest BCUT2D eigenvalue weighted by molar-refractivity contribution is -0.0317. The van der Waals surface area contributed by atoms with Crippen LogP contribution in [0.2, 0.25) is 0 Å². The second-order valence-electron chi connectivity index (χ2n) is 4.99. The number of hydroxylamine groups is 2. The highest BCUT2D eigenvalue weighted by Crippen LogP contribution is 2.38. The maximum atomic E-state index is 12.2. The molecule has 23 heavy (non-hydrogen) atoms. The maximum Gasteiger partial charge on any atom is 0.418 e. The average molecular weight is 347 g/mol. The third-order valence-electron chi connectivity index (χ3n) is 3.46. The summed E-state index contributed by atoms with van der Waals surface area (Å²) in [6.45, 7) is 0.191. The maximum absolute atomic E-state index is 12.2. The molecule has 2 saturated heterocycles. The monoisotopic (exact) mass is 347 g/mol. The highest BCUT2D eigenvalue weighted by molar-refractivity contribution is 7.80. The number of nitrogens with zero attached hydrogens (tertiary/aromatic N) is 4. The molecule has 2 aliphatic rings. The van der Waals surface area contributed by atoms with Crippen molar-refractivity contribution >= 4 is 28.4 Å². The van der Waals surface area contributed by atoms with Gasteiger partial charge in [0, 0.05) is 6.54 Å². The summed E-state index contributed by atoms with van der Waals surface area (Å²) >= 11 is 0. The fraction of sp³-hybridized carbons (Fsp3) is 0.556. The molecule has 0 radical (unpaired) electrons. The number of guanidine groups is 1. The molecule has 3 heterocycles. The molecule has 0 unspecified atom stereocenters. The Morgan fingerprint density at radius 1 is 1.48 bits per heavy atom. The number of amides is 2. The number of nitrogens with two attached hydrogens (primary N) is 1. The SMILES string of the molecule is N=C(N)Nc1nnc([C@@H]2CC[C@H]3CN2C(=O)N3OS(=O)(=O)O)o1. The molecule has 2 atom stereocenters. The number of rotatable bonds is 4. The quantitative estimate of drug-likeness (QED) is 0.300. The third kappa shape index (κ3) is 3.03. The number of carbonyl (C=O) groups is 1. The molecule has 1 aromatic rings. The highest BCUT2D eigenvalue weighted by atomic mass is 32.3. The Balaban J connectivity index is 1.78. The van der Waals surface area contributed by atoms with Crippen molar-refractivity contribution in [2.75, 3.05) is 11.9 Å². The lowest BCUT2D eigenvalue weighted by atomic mass is 10.0. The zero-order valence-corrected chi connectivity index (χ0v) is 12.4. The highest BCUT2D eigenvalue weighted by Gasteiger charge is 2.49. The molecule has 1 aromatic heterocycles. The molecule has 126 valence electrons. The number of anilines is 1. The van der Waals surface area contributed by atoms with Crippen LogP contribution in [0.25, 0.3) is 0 Å². The van der Waals surface area contributed by atoms with Crippen LogP contribution in [-0.2, 0) is 14.7 Å². The normalized spacial score (nSPS) is 24.1. The number of hydrogen-bond donors (Lipinski definition) is 4. The number of aromatic nitrogens is 2. The smallest absolute Gasteiger partial charge is 0.406 e. The minimum absolute atomic E-state index is 0.0905. The molecule has 13 nitrogen and oxygen atoms in total. The molecule has 14 heteroatoms. The van der Waals surface area contributed by atoms with E-state index in [1.54, 1.807) is 0 Å². The molecular weight excluding hydrogens is 334 g/mol. The van der Waals surface area contributed by atoms with Crippen molar-refractivity contribution in [1.82, 2.24) is 20.2 Å². The van der Waals surface area contributed by atoms with Crippen LogP contribution in [-0.4, -0.2) is 57.7 Å². The Morgan fingerprint density at radius 3 is 2.87 bits per heavy atom. The van der Waals surface area contributed by atoms with E-state index in [4.69, 9.17) is 20.1 Å². The number of piperidine rings is 1. The van der Waals surface area contributed by atoms with Crippen LogP contribution < -0.4 is 11.1 Å². The first-order valence-corrected chi connectivity index (χ1v) is 7.82. The number of nitrogens with one attached hydrogen (secondary N) is 2. The standard InChI is InChI=1S/C9H13N7O6S/c10-7(11)12-8-14-13-6(21-8)5-2-1-4-3-15(5)9(17)16(4)22-23(18,19)20/h4-5H,1-3H2,(H,18,19,20)(H4,10,11,12,14)/t4-,5-/m0/s1. The van der Waals surface area contributed by atoms with E-state index in [0.29, 0.717) is 17.9 Å². The third-order valence-corrected chi connectivity index (χ3v) is 3.81. The summed E-state index contributed by atoms with van der Waals surface area (Å²) in [5.41, 5.74) is 5.15. The van der Waals surface area contributed by atoms with Crippen LogP contribution in [0, 0.1) is 5.41 Å². The minimum atomic E-state index is -4.79. The Bertz CT molecular complexity index is 747. The molecule has 5 N–H and O–H groups in total. The van der Waals surface area contributed by atoms with E-state index < -0.39 is 28.5 Å². The second kappa shape index (κ2) is 5.32. The van der Waals surface area contributed by atoms with E-state index in [1.807, 2.05) is 0 Å². The van der Waals surface area contributed by atoms with Gasteiger partial charge in [-0.3, -0.25) is 15.3 Å². The van der Waals surface area contributed by atoms with Crippen LogP contribution in [0.4, 0.5) is 10.8 Å². The van der Waals surface area contributed by atoms with Gasteiger partial charge in [0.1, 0.15) is 6.04 Å². The van der Waals surface area contributed by atoms with Crippen molar-refractivity contribution in [3.05, 3.63) is 5.89 Å². The van der Waals surface area contributed by atoms with Crippen molar-refractivity contribution in [2.45, 2.75) is 24.9 Å². The van der Waals surface area contributed by atoms with Gasteiger partial charge in [0.05, 0.1) is 6.04 Å². The Hall–Kier alpha value is -2.45. The van der Waals surface area contributed by atoms with Gasteiger partial charge in [-0.25, -0.2) is 4.79 Å². The van der Waals surface area contributed by atoms with Crippen molar-refractivity contribution in [1.29, 1.82) is 5.41 Å². The van der Waals surface area contributed by atoms with Gasteiger partial charge < -0.3 is 15.1 Å². The fourth-order valence-electron chi connectivity index (χ4n) is 2.62. The van der Waals surface area contributed by atoms with Gasteiger partial charge in [0.15, 0.2) is 5.96 Å². The predicted molar refractivity (Wildman–Crippen MR) is 72.2 cm³/mol. The van der Waals surface area contributed by atoms with Crippen LogP contribution >= 0.6 is 0 Å². The molecule has 2 amide bonds. The summed E-state index contributed by atoms with van der Waals surface area (Å²) in [6, 6.07) is -1.89. The number of urea groups is 1. The van der Waals surface area contributed by atoms with E-state index in [-0.39, 0.29) is 24.4 Å². The summed E-state index contributed by atoms with van der Waals surface area (Å²) in [4.78, 5) is 13.5. The molecule has 3 rings (SSSR count). The van der Waals surface area contributed by atoms with Crippen LogP contribution in [0.15, 0.2) is 4.42 Å². The van der Waals surface area contributed by atoms with Gasteiger partial charge >= 0.3 is 22.4 Å². The van der Waals surface area contributed by atoms with E-state index in [0.717, 1.165) is 0 Å². The molecule has 0 saturated carbocycles. The molecule has 2 bridgehead atoms. The number of carbonyl (C=O) groups excluding carboxylic acids is 1. The van der Waals surface area contributed by atoms with Crippen LogP contribution in [0.3, 0.4) is 0 Å². The van der Waals surface area contributed by atoms with Crippen LogP contribution in [0.1, 0.15) is 24.8 Å². The van der Waals surface area contributed by atoms with Crippen molar-refractivity contribution in [2.24, 2.45) is 5.73 Å². The van der Waals surface area contributed by atoms with E-state index in [2.05, 4.69) is 19.8 Å². The minimum Gasteiger partial charge on any atom is -0.406 e. The second-order valence-corrected chi connectivity index (χ2v) is 6.00. The predicted octanol–water partition coefficient (Wildman–Crippen LogP) is -0.950. The van der Waals surface area contributed by atoms with Gasteiger partial charge in [-0.15, -0.1) is 9.38 Å². The molecule has 2 fully saturated rings. The van der Waals surface area contributed by atoms with Gasteiger partial charge in [-0.05, 0) is 12.8 Å². The lowest BCUT2D eigenvalue weighted by Gasteiger charge is -2.27. The topological polar surface area (TPSA) is 188 Å². The zero-order valence-electron chi connectivity index (χ0n) is 11.5. The van der Waals surface area contributed by atoms with Gasteiger partial charge in [-0.1, -0.05) is 5.10 Å². The largest absolute Gasteiger partial charge is 0.418 e. The Morgan fingerprint density at radius 2 is 2.22 bits per heavy atom. The van der Waals surface area contributed by atoms with Gasteiger partial charge in [-0.2, -0.15) is 13.5 Å². The van der Waals surface area contributed by atoms with E-state index in [9.17, 15) is 13.2 Å². The molecule has 0 aliphatic carbocycles. The van der Waals surface area contributed by atoms with E-state index in [1.165, 1.54) is 4.90 Å². The molecule has 0 spiro atoms. The average Bonchev–Trinajstić information content (AvgIpc) is 2.97. The van der Waals surface area contributed by atoms with Gasteiger partial charge in [0.2, 0.25) is 5.89 Å². The molecular formula is C9H13N7O6S. The number of hydrogen-bond acceptors (Lipinski definition) is 8. The summed E-state index contributed by atoms with van der Waals surface area (Å²) in [5, 5.41) is 17.5. The number of fused-ring (bicyclic) bond motifs is 2. The van der Waals surface area contributed by atoms with Crippen molar-refractivity contribution in [3.8, 4) is 0 Å². The van der Waals surface area contributed by atoms with E-state index >= 15 is 0 Å². The van der Waals surface area contributed by atoms with Crippen LogP contribution in [0.5, 0.6) is 0 Å². The summed E-state index contributed by atoms with van der Waals surface area (Å²) in [7, 11) is -4.79. The van der Waals surface area contributed by atoms with Crippen molar-refractivity contribution in [3.63, 3.8) is 0 Å². The zero-order chi connectivity index (χ0) is 16.8.